The highest BCUT2D eigenvalue weighted by Crippen LogP contribution is 2.46. The van der Waals surface area contributed by atoms with E-state index in [-0.39, 0.29) is 12.4 Å². The van der Waals surface area contributed by atoms with Gasteiger partial charge in [0.25, 0.3) is 0 Å². The molecule has 136 valence electrons. The summed E-state index contributed by atoms with van der Waals surface area (Å²) in [6, 6.07) is 8.37. The molecule has 0 saturated heterocycles. The maximum Gasteiger partial charge on any atom is 0.416 e. The lowest BCUT2D eigenvalue weighted by atomic mass is 10.00. The lowest BCUT2D eigenvalue weighted by Gasteiger charge is -2.24. The number of rotatable bonds is 4. The van der Waals surface area contributed by atoms with E-state index in [9.17, 15) is 13.2 Å². The summed E-state index contributed by atoms with van der Waals surface area (Å²) in [7, 11) is 0. The second-order valence-corrected chi connectivity index (χ2v) is 7.60. The number of halogens is 5. The zero-order valence-electron chi connectivity index (χ0n) is 13.1. The van der Waals surface area contributed by atoms with Crippen molar-refractivity contribution in [3.8, 4) is 0 Å². The SMILES string of the molecule is Cl.NCCCNc1cc(C(F)(F)F)cc2c1Cc1ccc(Br)cc1S2. The van der Waals surface area contributed by atoms with Gasteiger partial charge < -0.3 is 11.1 Å². The summed E-state index contributed by atoms with van der Waals surface area (Å²) in [6.07, 6.45) is -3.03. The normalized spacial score (nSPS) is 12.8. The Bertz CT molecular complexity index is 768. The van der Waals surface area contributed by atoms with Crippen molar-refractivity contribution in [3.63, 3.8) is 0 Å². The van der Waals surface area contributed by atoms with Crippen molar-refractivity contribution in [2.45, 2.75) is 28.8 Å². The summed E-state index contributed by atoms with van der Waals surface area (Å²) in [4.78, 5) is 1.65. The standard InChI is InChI=1S/C17H16BrF3N2S.ClH/c18-12-3-2-10-6-13-14(23-5-1-4-22)7-11(17(19,20)21)8-16(13)24-15(10)9-12;/h2-3,7-9,23H,1,4-6,22H2;1H. The molecule has 2 aromatic carbocycles. The summed E-state index contributed by atoms with van der Waals surface area (Å²) in [5.41, 5.74) is 7.45. The monoisotopic (exact) mass is 452 g/mol. The summed E-state index contributed by atoms with van der Waals surface area (Å²) >= 11 is 4.80. The van der Waals surface area contributed by atoms with Gasteiger partial charge in [-0.25, -0.2) is 0 Å². The smallest absolute Gasteiger partial charge is 0.385 e. The molecule has 0 amide bonds. The van der Waals surface area contributed by atoms with E-state index in [4.69, 9.17) is 5.73 Å². The number of fused-ring (bicyclic) bond motifs is 2. The van der Waals surface area contributed by atoms with Crippen LogP contribution in [0.15, 0.2) is 44.6 Å². The second-order valence-electron chi connectivity index (χ2n) is 5.60. The van der Waals surface area contributed by atoms with Gasteiger partial charge in [0.2, 0.25) is 0 Å². The number of anilines is 1. The number of benzene rings is 2. The average molecular weight is 454 g/mol. The molecule has 2 nitrogen and oxygen atoms in total. The van der Waals surface area contributed by atoms with Crippen molar-refractivity contribution in [2.24, 2.45) is 5.73 Å². The fourth-order valence-corrected chi connectivity index (χ4v) is 4.34. The van der Waals surface area contributed by atoms with E-state index in [0.717, 1.165) is 20.5 Å². The van der Waals surface area contributed by atoms with Crippen molar-refractivity contribution in [1.29, 1.82) is 0 Å². The van der Waals surface area contributed by atoms with Gasteiger partial charge in [0.1, 0.15) is 0 Å². The molecular formula is C17H17BrClF3N2S. The van der Waals surface area contributed by atoms with E-state index in [0.29, 0.717) is 36.5 Å². The van der Waals surface area contributed by atoms with Gasteiger partial charge in [-0.3, -0.25) is 0 Å². The minimum absolute atomic E-state index is 0. The molecule has 0 fully saturated rings. The van der Waals surface area contributed by atoms with Crippen LogP contribution in [0.1, 0.15) is 23.1 Å². The van der Waals surface area contributed by atoms with E-state index in [1.54, 1.807) is 0 Å². The van der Waals surface area contributed by atoms with Crippen molar-refractivity contribution in [3.05, 3.63) is 51.5 Å². The minimum atomic E-state index is -4.36. The molecule has 0 aliphatic carbocycles. The van der Waals surface area contributed by atoms with Crippen LogP contribution >= 0.6 is 40.1 Å². The number of nitrogens with two attached hydrogens (primary N) is 1. The zero-order chi connectivity index (χ0) is 17.3. The second kappa shape index (κ2) is 8.20. The first-order chi connectivity index (χ1) is 11.4. The molecule has 1 aliphatic rings. The summed E-state index contributed by atoms with van der Waals surface area (Å²) < 4.78 is 40.6. The number of nitrogens with one attached hydrogen (secondary N) is 1. The van der Waals surface area contributed by atoms with Crippen LogP contribution in [0.3, 0.4) is 0 Å². The van der Waals surface area contributed by atoms with Gasteiger partial charge in [-0.2, -0.15) is 13.2 Å². The van der Waals surface area contributed by atoms with Crippen molar-refractivity contribution < 1.29 is 13.2 Å². The molecule has 1 aliphatic heterocycles. The molecule has 0 atom stereocenters. The molecule has 0 saturated carbocycles. The summed E-state index contributed by atoms with van der Waals surface area (Å²) in [5.74, 6) is 0. The predicted octanol–water partition coefficient (Wildman–Crippen LogP) is 5.71. The molecule has 3 rings (SSSR count). The van der Waals surface area contributed by atoms with Gasteiger partial charge in [0.15, 0.2) is 0 Å². The molecular weight excluding hydrogens is 437 g/mol. The van der Waals surface area contributed by atoms with E-state index in [1.165, 1.54) is 23.9 Å². The Hall–Kier alpha value is -0.890. The Morgan fingerprint density at radius 2 is 1.92 bits per heavy atom. The number of hydrogen-bond acceptors (Lipinski definition) is 3. The van der Waals surface area contributed by atoms with Crippen molar-refractivity contribution in [1.82, 2.24) is 0 Å². The van der Waals surface area contributed by atoms with Crippen LogP contribution in [0.5, 0.6) is 0 Å². The molecule has 1 heterocycles. The summed E-state index contributed by atoms with van der Waals surface area (Å²) in [6.45, 7) is 1.06. The summed E-state index contributed by atoms with van der Waals surface area (Å²) in [5, 5.41) is 3.13. The van der Waals surface area contributed by atoms with E-state index >= 15 is 0 Å². The molecule has 8 heteroatoms. The third kappa shape index (κ3) is 4.64. The third-order valence-electron chi connectivity index (χ3n) is 3.85. The van der Waals surface area contributed by atoms with Gasteiger partial charge in [0.05, 0.1) is 5.56 Å². The Kier molecular flexibility index (Phi) is 6.70. The first kappa shape index (κ1) is 20.4. The molecule has 0 spiro atoms. The van der Waals surface area contributed by atoms with Crippen molar-refractivity contribution in [2.75, 3.05) is 18.4 Å². The lowest BCUT2D eigenvalue weighted by Crippen LogP contribution is -2.14. The molecule has 0 aromatic heterocycles. The average Bonchev–Trinajstić information content (AvgIpc) is 2.52. The van der Waals surface area contributed by atoms with Gasteiger partial charge in [0, 0.05) is 32.9 Å². The van der Waals surface area contributed by atoms with Crippen LogP contribution in [0.2, 0.25) is 0 Å². The Morgan fingerprint density at radius 3 is 2.60 bits per heavy atom. The number of alkyl halides is 3. The Labute approximate surface area is 163 Å². The molecule has 0 radical (unpaired) electrons. The predicted molar refractivity (Wildman–Crippen MR) is 102 cm³/mol. The molecule has 0 bridgehead atoms. The first-order valence-electron chi connectivity index (χ1n) is 7.53. The first-order valence-corrected chi connectivity index (χ1v) is 9.14. The molecule has 0 unspecified atom stereocenters. The third-order valence-corrected chi connectivity index (χ3v) is 5.53. The Balaban J connectivity index is 0.00000225. The van der Waals surface area contributed by atoms with Crippen LogP contribution in [-0.2, 0) is 12.6 Å². The van der Waals surface area contributed by atoms with E-state index < -0.39 is 11.7 Å². The maximum absolute atomic E-state index is 13.2. The van der Waals surface area contributed by atoms with Crippen molar-refractivity contribution >= 4 is 45.8 Å². The van der Waals surface area contributed by atoms with E-state index in [2.05, 4.69) is 21.2 Å². The zero-order valence-corrected chi connectivity index (χ0v) is 16.3. The molecule has 3 N–H and O–H groups in total. The molecule has 25 heavy (non-hydrogen) atoms. The largest absolute Gasteiger partial charge is 0.416 e. The Morgan fingerprint density at radius 1 is 1.16 bits per heavy atom. The highest BCUT2D eigenvalue weighted by molar-refractivity contribution is 9.10. The topological polar surface area (TPSA) is 38.0 Å². The fourth-order valence-electron chi connectivity index (χ4n) is 2.64. The fraction of sp³-hybridized carbons (Fsp3) is 0.294. The van der Waals surface area contributed by atoms with Crippen LogP contribution < -0.4 is 11.1 Å². The highest BCUT2D eigenvalue weighted by Gasteiger charge is 2.33. The van der Waals surface area contributed by atoms with Crippen LogP contribution in [0.25, 0.3) is 0 Å². The quantitative estimate of drug-likeness (QED) is 0.497. The molecule has 2 aromatic rings. The minimum Gasteiger partial charge on any atom is -0.385 e. The van der Waals surface area contributed by atoms with Crippen LogP contribution in [0.4, 0.5) is 18.9 Å². The van der Waals surface area contributed by atoms with Crippen LogP contribution in [0, 0.1) is 0 Å². The van der Waals surface area contributed by atoms with Gasteiger partial charge in [-0.1, -0.05) is 33.8 Å². The van der Waals surface area contributed by atoms with Gasteiger partial charge >= 0.3 is 6.18 Å². The van der Waals surface area contributed by atoms with E-state index in [1.807, 2.05) is 18.2 Å². The van der Waals surface area contributed by atoms with Gasteiger partial charge in [-0.15, -0.1) is 12.4 Å². The van der Waals surface area contributed by atoms with Gasteiger partial charge in [-0.05, 0) is 48.4 Å². The highest BCUT2D eigenvalue weighted by atomic mass is 79.9. The van der Waals surface area contributed by atoms with Crippen LogP contribution in [-0.4, -0.2) is 13.1 Å². The lowest BCUT2D eigenvalue weighted by molar-refractivity contribution is -0.137. The maximum atomic E-state index is 13.2. The number of hydrogen-bond donors (Lipinski definition) is 2.